The summed E-state index contributed by atoms with van der Waals surface area (Å²) in [5.74, 6) is -0.931. The van der Waals surface area contributed by atoms with E-state index in [4.69, 9.17) is 5.11 Å². The van der Waals surface area contributed by atoms with E-state index < -0.39 is 5.97 Å². The minimum atomic E-state index is -0.931. The molecule has 0 spiro atoms. The molecule has 0 saturated heterocycles. The molecule has 0 radical (unpaired) electrons. The van der Waals surface area contributed by atoms with Crippen LogP contribution in [0.3, 0.4) is 0 Å². The summed E-state index contributed by atoms with van der Waals surface area (Å²) in [6.45, 7) is 4.05. The maximum absolute atomic E-state index is 10.7. The zero-order chi connectivity index (χ0) is 15.7. The van der Waals surface area contributed by atoms with Gasteiger partial charge in [0.2, 0.25) is 0 Å². The Labute approximate surface area is 128 Å². The van der Waals surface area contributed by atoms with Crippen LogP contribution in [0.2, 0.25) is 0 Å². The van der Waals surface area contributed by atoms with Gasteiger partial charge in [0.1, 0.15) is 0 Å². The van der Waals surface area contributed by atoms with Crippen LogP contribution in [0.15, 0.2) is 48.7 Å². The summed E-state index contributed by atoms with van der Waals surface area (Å²) < 4.78 is 0. The first-order valence-electron chi connectivity index (χ1n) is 7.14. The Morgan fingerprint density at radius 3 is 2.68 bits per heavy atom. The van der Waals surface area contributed by atoms with Gasteiger partial charge in [-0.15, -0.1) is 0 Å². The molecule has 0 amide bonds. The van der Waals surface area contributed by atoms with Crippen molar-refractivity contribution in [2.45, 2.75) is 13.8 Å². The van der Waals surface area contributed by atoms with E-state index in [0.717, 1.165) is 22.2 Å². The monoisotopic (exact) mass is 291 g/mol. The Morgan fingerprint density at radius 1 is 1.09 bits per heavy atom. The molecule has 3 nitrogen and oxygen atoms in total. The second-order valence-electron chi connectivity index (χ2n) is 5.47. The van der Waals surface area contributed by atoms with Crippen LogP contribution < -0.4 is 0 Å². The molecule has 0 fully saturated rings. The van der Waals surface area contributed by atoms with Crippen LogP contribution in [0.4, 0.5) is 0 Å². The summed E-state index contributed by atoms with van der Waals surface area (Å²) in [4.78, 5) is 13.9. The Balaban J connectivity index is 2.07. The molecule has 110 valence electrons. The summed E-state index contributed by atoms with van der Waals surface area (Å²) in [6.07, 6.45) is 4.75. The van der Waals surface area contributed by atoms with Crippen molar-refractivity contribution >= 4 is 22.9 Å². The van der Waals surface area contributed by atoms with E-state index >= 15 is 0 Å². The van der Waals surface area contributed by atoms with E-state index in [-0.39, 0.29) is 0 Å². The third-order valence-corrected chi connectivity index (χ3v) is 3.88. The number of carboxylic acids is 1. The van der Waals surface area contributed by atoms with Gasteiger partial charge < -0.3 is 10.1 Å². The number of aromatic amines is 1. The first-order chi connectivity index (χ1) is 10.5. The fourth-order valence-corrected chi connectivity index (χ4v) is 2.71. The summed E-state index contributed by atoms with van der Waals surface area (Å²) in [6, 6.07) is 12.6. The molecule has 1 heterocycles. The van der Waals surface area contributed by atoms with Gasteiger partial charge in [-0.1, -0.05) is 18.2 Å². The second-order valence-corrected chi connectivity index (χ2v) is 5.47. The average Bonchev–Trinajstić information content (AvgIpc) is 2.95. The van der Waals surface area contributed by atoms with Gasteiger partial charge in [0.15, 0.2) is 0 Å². The number of nitrogens with one attached hydrogen (secondary N) is 1. The van der Waals surface area contributed by atoms with Crippen LogP contribution >= 0.6 is 0 Å². The quantitative estimate of drug-likeness (QED) is 0.695. The van der Waals surface area contributed by atoms with Crippen molar-refractivity contribution in [2.24, 2.45) is 0 Å². The second kappa shape index (κ2) is 5.53. The molecule has 3 aromatic rings. The number of benzene rings is 2. The number of fused-ring (bicyclic) bond motifs is 1. The molecule has 3 heteroatoms. The Hall–Kier alpha value is -2.81. The van der Waals surface area contributed by atoms with E-state index in [1.807, 2.05) is 26.1 Å². The number of aryl methyl sites for hydroxylation is 2. The molecule has 3 rings (SSSR count). The number of H-pyrrole nitrogens is 1. The van der Waals surface area contributed by atoms with Crippen molar-refractivity contribution < 1.29 is 9.90 Å². The average molecular weight is 291 g/mol. The lowest BCUT2D eigenvalue weighted by molar-refractivity contribution is -0.131. The maximum Gasteiger partial charge on any atom is 0.328 e. The smallest absolute Gasteiger partial charge is 0.328 e. The van der Waals surface area contributed by atoms with Crippen LogP contribution in [0.25, 0.3) is 28.1 Å². The van der Waals surface area contributed by atoms with Gasteiger partial charge in [-0.2, -0.15) is 0 Å². The maximum atomic E-state index is 10.7. The van der Waals surface area contributed by atoms with Crippen molar-refractivity contribution in [3.63, 3.8) is 0 Å². The van der Waals surface area contributed by atoms with Crippen LogP contribution in [0.1, 0.15) is 16.7 Å². The minimum Gasteiger partial charge on any atom is -0.478 e. The topological polar surface area (TPSA) is 53.1 Å². The number of carbonyl (C=O) groups is 1. The van der Waals surface area contributed by atoms with Gasteiger partial charge in [-0.05, 0) is 71.3 Å². The van der Waals surface area contributed by atoms with Gasteiger partial charge in [-0.3, -0.25) is 0 Å². The van der Waals surface area contributed by atoms with Crippen molar-refractivity contribution in [3.8, 4) is 11.1 Å². The van der Waals surface area contributed by atoms with Crippen LogP contribution in [-0.4, -0.2) is 16.1 Å². The van der Waals surface area contributed by atoms with Gasteiger partial charge in [0.05, 0.1) is 0 Å². The largest absolute Gasteiger partial charge is 0.478 e. The first-order valence-corrected chi connectivity index (χ1v) is 7.14. The third-order valence-electron chi connectivity index (χ3n) is 3.88. The van der Waals surface area contributed by atoms with Crippen molar-refractivity contribution in [3.05, 3.63) is 65.4 Å². The highest BCUT2D eigenvalue weighted by molar-refractivity contribution is 5.87. The summed E-state index contributed by atoms with van der Waals surface area (Å²) >= 11 is 0. The lowest BCUT2D eigenvalue weighted by atomic mass is 9.94. The lowest BCUT2D eigenvalue weighted by Gasteiger charge is -2.11. The highest BCUT2D eigenvalue weighted by Gasteiger charge is 2.07. The SMILES string of the molecule is Cc1cc(-c2ccc3[nH]ccc3c2)c(C)cc1/C=C/C(=O)O. The number of aliphatic carboxylic acids is 1. The van der Waals surface area contributed by atoms with E-state index in [0.29, 0.717) is 0 Å². The van der Waals surface area contributed by atoms with Gasteiger partial charge in [0, 0.05) is 17.8 Å². The lowest BCUT2D eigenvalue weighted by Crippen LogP contribution is -1.91. The molecule has 2 aromatic carbocycles. The third kappa shape index (κ3) is 2.66. The molecule has 0 aliphatic rings. The van der Waals surface area contributed by atoms with Gasteiger partial charge >= 0.3 is 5.97 Å². The molecule has 0 aliphatic heterocycles. The summed E-state index contributed by atoms with van der Waals surface area (Å²) in [5.41, 5.74) is 6.60. The highest BCUT2D eigenvalue weighted by Crippen LogP contribution is 2.29. The molecule has 0 bridgehead atoms. The number of aromatic nitrogens is 1. The molecule has 2 N–H and O–H groups in total. The Bertz CT molecular complexity index is 888. The minimum absolute atomic E-state index is 0.931. The number of carboxylic acid groups (broad SMARTS) is 1. The number of rotatable bonds is 3. The standard InChI is InChI=1S/C19H17NO2/c1-12-10-17(13(2)9-14(12)4-6-19(21)22)15-3-5-18-16(11-15)7-8-20-18/h3-11,20H,1-2H3,(H,21,22)/b6-4+. The van der Waals surface area contributed by atoms with Crippen LogP contribution in [0.5, 0.6) is 0 Å². The molecule has 22 heavy (non-hydrogen) atoms. The molecule has 0 aliphatic carbocycles. The zero-order valence-electron chi connectivity index (χ0n) is 12.6. The van der Waals surface area contributed by atoms with E-state index in [9.17, 15) is 4.79 Å². The normalized spacial score (nSPS) is 11.4. The fraction of sp³-hybridized carbons (Fsp3) is 0.105. The van der Waals surface area contributed by atoms with Crippen LogP contribution in [-0.2, 0) is 4.79 Å². The first kappa shape index (κ1) is 14.1. The van der Waals surface area contributed by atoms with Crippen molar-refractivity contribution in [2.75, 3.05) is 0 Å². The zero-order valence-corrected chi connectivity index (χ0v) is 12.6. The summed E-state index contributed by atoms with van der Waals surface area (Å²) in [7, 11) is 0. The van der Waals surface area contributed by atoms with Crippen molar-refractivity contribution in [1.29, 1.82) is 0 Å². The van der Waals surface area contributed by atoms with Crippen molar-refractivity contribution in [1.82, 2.24) is 4.98 Å². The summed E-state index contributed by atoms with van der Waals surface area (Å²) in [5, 5.41) is 9.94. The van der Waals surface area contributed by atoms with Gasteiger partial charge in [-0.25, -0.2) is 4.79 Å². The molecule has 0 unspecified atom stereocenters. The molecule has 1 aromatic heterocycles. The number of hydrogen-bond donors (Lipinski definition) is 2. The Morgan fingerprint density at radius 2 is 1.91 bits per heavy atom. The Kier molecular flexibility index (Phi) is 3.55. The van der Waals surface area contributed by atoms with Crippen LogP contribution in [0, 0.1) is 13.8 Å². The molecule has 0 atom stereocenters. The van der Waals surface area contributed by atoms with E-state index in [1.165, 1.54) is 22.6 Å². The fourth-order valence-electron chi connectivity index (χ4n) is 2.71. The molecule has 0 saturated carbocycles. The predicted molar refractivity (Wildman–Crippen MR) is 89.9 cm³/mol. The van der Waals surface area contributed by atoms with Gasteiger partial charge in [0.25, 0.3) is 0 Å². The molecular weight excluding hydrogens is 274 g/mol. The van der Waals surface area contributed by atoms with E-state index in [1.54, 1.807) is 6.08 Å². The highest BCUT2D eigenvalue weighted by atomic mass is 16.4. The predicted octanol–water partition coefficient (Wildman–Crippen LogP) is 4.55. The number of hydrogen-bond acceptors (Lipinski definition) is 1. The van der Waals surface area contributed by atoms with E-state index in [2.05, 4.69) is 35.3 Å². The molecular formula is C19H17NO2.